The number of nitrogens with one attached hydrogen (secondary N) is 1. The van der Waals surface area contributed by atoms with Gasteiger partial charge in [-0.15, -0.1) is 0 Å². The third kappa shape index (κ3) is 2.72. The van der Waals surface area contributed by atoms with E-state index in [1.165, 1.54) is 29.2 Å². The number of amides is 1. The molecule has 7 nitrogen and oxygen atoms in total. The lowest BCUT2D eigenvalue weighted by Gasteiger charge is -2.26. The third-order valence-corrected chi connectivity index (χ3v) is 3.27. The summed E-state index contributed by atoms with van der Waals surface area (Å²) in [5.74, 6) is -0.337. The van der Waals surface area contributed by atoms with Crippen LogP contribution in [0, 0.1) is 10.1 Å². The fourth-order valence-corrected chi connectivity index (χ4v) is 2.15. The molecule has 19 heavy (non-hydrogen) atoms. The Morgan fingerprint density at radius 3 is 2.84 bits per heavy atom. The minimum Gasteiger partial charge on any atom is -0.390 e. The standard InChI is InChI=1S/C12H15N3O4/c1-14(10-6-13-7-11(10)16)12(17)8-3-2-4-9(5-8)15(18)19/h2-5,10-11,13,16H,6-7H2,1H3/t10-,11-/m1/s1. The van der Waals surface area contributed by atoms with Gasteiger partial charge in [-0.2, -0.15) is 0 Å². The number of nitro benzene ring substituents is 1. The first-order valence-electron chi connectivity index (χ1n) is 5.91. The quantitative estimate of drug-likeness (QED) is 0.592. The van der Waals surface area contributed by atoms with Gasteiger partial charge in [0.15, 0.2) is 0 Å². The van der Waals surface area contributed by atoms with Gasteiger partial charge in [0.05, 0.1) is 17.1 Å². The second-order valence-electron chi connectivity index (χ2n) is 4.52. The summed E-state index contributed by atoms with van der Waals surface area (Å²) in [6.07, 6.45) is -0.618. The first kappa shape index (κ1) is 13.4. The number of aliphatic hydroxyl groups is 1. The SMILES string of the molecule is CN(C(=O)c1cccc([N+](=O)[O-])c1)[C@@H]1CNC[C@H]1O. The van der Waals surface area contributed by atoms with E-state index in [1.807, 2.05) is 0 Å². The van der Waals surface area contributed by atoms with Gasteiger partial charge in [0.1, 0.15) is 0 Å². The van der Waals surface area contributed by atoms with Crippen molar-refractivity contribution in [3.05, 3.63) is 39.9 Å². The van der Waals surface area contributed by atoms with Gasteiger partial charge in [-0.3, -0.25) is 14.9 Å². The number of β-amino-alcohol motifs (C(OH)–C–C–N with tert-alkyl or cyclic N) is 1. The van der Waals surface area contributed by atoms with Crippen LogP contribution in [0.2, 0.25) is 0 Å². The molecule has 2 rings (SSSR count). The van der Waals surface area contributed by atoms with Crippen LogP contribution in [0.25, 0.3) is 0 Å². The van der Waals surface area contributed by atoms with Crippen molar-refractivity contribution < 1.29 is 14.8 Å². The number of nitrogens with zero attached hydrogens (tertiary/aromatic N) is 2. The Morgan fingerprint density at radius 1 is 1.53 bits per heavy atom. The van der Waals surface area contributed by atoms with Crippen molar-refractivity contribution in [1.82, 2.24) is 10.2 Å². The number of carbonyl (C=O) groups excluding carboxylic acids is 1. The zero-order valence-corrected chi connectivity index (χ0v) is 10.4. The van der Waals surface area contributed by atoms with Gasteiger partial charge >= 0.3 is 0 Å². The van der Waals surface area contributed by atoms with E-state index in [9.17, 15) is 20.0 Å². The van der Waals surface area contributed by atoms with E-state index in [-0.39, 0.29) is 23.2 Å². The van der Waals surface area contributed by atoms with E-state index in [1.54, 1.807) is 7.05 Å². The van der Waals surface area contributed by atoms with Crippen molar-refractivity contribution >= 4 is 11.6 Å². The monoisotopic (exact) mass is 265 g/mol. The van der Waals surface area contributed by atoms with Gasteiger partial charge in [0, 0.05) is 37.8 Å². The molecule has 1 saturated heterocycles. The molecule has 1 aliphatic rings. The van der Waals surface area contributed by atoms with Gasteiger partial charge in [-0.25, -0.2) is 0 Å². The lowest BCUT2D eigenvalue weighted by atomic mass is 10.1. The van der Waals surface area contributed by atoms with Crippen LogP contribution in [0.1, 0.15) is 10.4 Å². The topological polar surface area (TPSA) is 95.7 Å². The summed E-state index contributed by atoms with van der Waals surface area (Å²) in [5, 5.41) is 23.4. The number of likely N-dealkylation sites (N-methyl/N-ethyl adjacent to an activating group) is 1. The van der Waals surface area contributed by atoms with E-state index < -0.39 is 11.0 Å². The molecule has 2 atom stereocenters. The summed E-state index contributed by atoms with van der Waals surface area (Å²) in [4.78, 5) is 23.8. The average molecular weight is 265 g/mol. The maximum atomic E-state index is 12.2. The average Bonchev–Trinajstić information content (AvgIpc) is 2.83. The van der Waals surface area contributed by atoms with Crippen molar-refractivity contribution in [2.75, 3.05) is 20.1 Å². The van der Waals surface area contributed by atoms with Gasteiger partial charge in [0.25, 0.3) is 11.6 Å². The van der Waals surface area contributed by atoms with Crippen LogP contribution < -0.4 is 5.32 Å². The van der Waals surface area contributed by atoms with Crippen LogP contribution in [0.4, 0.5) is 5.69 Å². The molecule has 7 heteroatoms. The van der Waals surface area contributed by atoms with E-state index in [0.717, 1.165) is 0 Å². The van der Waals surface area contributed by atoms with Crippen LogP contribution in [0.5, 0.6) is 0 Å². The molecule has 0 aromatic heterocycles. The van der Waals surface area contributed by atoms with Gasteiger partial charge in [-0.1, -0.05) is 6.07 Å². The number of aliphatic hydroxyl groups excluding tert-OH is 1. The Kier molecular flexibility index (Phi) is 3.77. The van der Waals surface area contributed by atoms with Crippen LogP contribution >= 0.6 is 0 Å². The van der Waals surface area contributed by atoms with Crippen LogP contribution in [-0.4, -0.2) is 53.1 Å². The molecule has 1 heterocycles. The minimum atomic E-state index is -0.618. The molecule has 1 aliphatic heterocycles. The number of rotatable bonds is 3. The first-order chi connectivity index (χ1) is 9.00. The predicted molar refractivity (Wildman–Crippen MR) is 67.9 cm³/mol. The van der Waals surface area contributed by atoms with Crippen molar-refractivity contribution in [3.63, 3.8) is 0 Å². The Bertz CT molecular complexity index is 506. The molecule has 1 aromatic carbocycles. The number of carbonyl (C=O) groups is 1. The fourth-order valence-electron chi connectivity index (χ4n) is 2.15. The molecule has 1 amide bonds. The molecule has 0 saturated carbocycles. The third-order valence-electron chi connectivity index (χ3n) is 3.27. The maximum absolute atomic E-state index is 12.2. The molecular weight excluding hydrogens is 250 g/mol. The normalized spacial score (nSPS) is 22.2. The van der Waals surface area contributed by atoms with E-state index in [0.29, 0.717) is 13.1 Å². The summed E-state index contributed by atoms with van der Waals surface area (Å²) in [7, 11) is 1.59. The molecule has 0 unspecified atom stereocenters. The second-order valence-corrected chi connectivity index (χ2v) is 4.52. The zero-order valence-electron chi connectivity index (χ0n) is 10.4. The lowest BCUT2D eigenvalue weighted by molar-refractivity contribution is -0.384. The number of nitro groups is 1. The maximum Gasteiger partial charge on any atom is 0.270 e. The highest BCUT2D eigenvalue weighted by molar-refractivity contribution is 5.95. The number of hydrogen-bond acceptors (Lipinski definition) is 5. The molecule has 1 aromatic rings. The van der Waals surface area contributed by atoms with Gasteiger partial charge in [-0.05, 0) is 6.07 Å². The Labute approximate surface area is 110 Å². The minimum absolute atomic E-state index is 0.121. The molecule has 0 aliphatic carbocycles. The molecule has 1 fully saturated rings. The van der Waals surface area contributed by atoms with Crippen molar-refractivity contribution in [3.8, 4) is 0 Å². The molecule has 102 valence electrons. The molecule has 0 spiro atoms. The Hall–Kier alpha value is -1.99. The van der Waals surface area contributed by atoms with E-state index in [2.05, 4.69) is 5.32 Å². The van der Waals surface area contributed by atoms with E-state index >= 15 is 0 Å². The molecule has 0 radical (unpaired) electrons. The summed E-state index contributed by atoms with van der Waals surface area (Å²) in [6, 6.07) is 5.27. The molecule has 2 N–H and O–H groups in total. The molecule has 0 bridgehead atoms. The van der Waals surface area contributed by atoms with E-state index in [4.69, 9.17) is 0 Å². The Balaban J connectivity index is 2.19. The second kappa shape index (κ2) is 5.33. The highest BCUT2D eigenvalue weighted by atomic mass is 16.6. The lowest BCUT2D eigenvalue weighted by Crippen LogP contribution is -2.44. The largest absolute Gasteiger partial charge is 0.390 e. The fraction of sp³-hybridized carbons (Fsp3) is 0.417. The smallest absolute Gasteiger partial charge is 0.270 e. The summed E-state index contributed by atoms with van der Waals surface area (Å²) in [6.45, 7) is 0.954. The van der Waals surface area contributed by atoms with Crippen molar-refractivity contribution in [2.45, 2.75) is 12.1 Å². The Morgan fingerprint density at radius 2 is 2.26 bits per heavy atom. The van der Waals surface area contributed by atoms with Crippen LogP contribution in [0.3, 0.4) is 0 Å². The predicted octanol–water partition coefficient (Wildman–Crippen LogP) is -0.000500. The summed E-state index contributed by atoms with van der Waals surface area (Å²) in [5.41, 5.74) is 0.125. The van der Waals surface area contributed by atoms with Gasteiger partial charge in [0.2, 0.25) is 0 Å². The zero-order chi connectivity index (χ0) is 14.0. The number of hydrogen-bond donors (Lipinski definition) is 2. The van der Waals surface area contributed by atoms with Crippen LogP contribution in [-0.2, 0) is 0 Å². The van der Waals surface area contributed by atoms with Crippen molar-refractivity contribution in [2.24, 2.45) is 0 Å². The van der Waals surface area contributed by atoms with Gasteiger partial charge < -0.3 is 15.3 Å². The van der Waals surface area contributed by atoms with Crippen molar-refractivity contribution in [1.29, 1.82) is 0 Å². The number of non-ortho nitro benzene ring substituents is 1. The number of benzene rings is 1. The summed E-state index contributed by atoms with van der Waals surface area (Å²) >= 11 is 0. The summed E-state index contributed by atoms with van der Waals surface area (Å²) < 4.78 is 0. The highest BCUT2D eigenvalue weighted by Gasteiger charge is 2.31. The molecular formula is C12H15N3O4. The highest BCUT2D eigenvalue weighted by Crippen LogP contribution is 2.17. The first-order valence-corrected chi connectivity index (χ1v) is 5.91. The van der Waals surface area contributed by atoms with Crippen LogP contribution in [0.15, 0.2) is 24.3 Å².